The van der Waals surface area contributed by atoms with E-state index in [1.54, 1.807) is 33.8 Å². The predicted molar refractivity (Wildman–Crippen MR) is 87.9 cm³/mol. The third kappa shape index (κ3) is 3.84. The highest BCUT2D eigenvalue weighted by Crippen LogP contribution is 2.29. The molecule has 24 heavy (non-hydrogen) atoms. The Kier molecular flexibility index (Phi) is 5.43. The fourth-order valence-corrected chi connectivity index (χ4v) is 2.42. The van der Waals surface area contributed by atoms with Crippen molar-refractivity contribution in [3.63, 3.8) is 0 Å². The van der Waals surface area contributed by atoms with Crippen molar-refractivity contribution in [1.82, 2.24) is 9.78 Å². The first-order chi connectivity index (χ1) is 11.2. The zero-order valence-electron chi connectivity index (χ0n) is 13.7. The smallest absolute Gasteiger partial charge is 0.387 e. The molecule has 1 heterocycles. The largest absolute Gasteiger partial charge is 0.433 e. The molecule has 0 bridgehead atoms. The molecule has 8 heteroatoms. The first kappa shape index (κ1) is 18.2. The Morgan fingerprint density at radius 1 is 1.33 bits per heavy atom. The summed E-state index contributed by atoms with van der Waals surface area (Å²) in [6.45, 7) is 3.90. The van der Waals surface area contributed by atoms with Crippen molar-refractivity contribution >= 4 is 23.2 Å². The van der Waals surface area contributed by atoms with Crippen LogP contribution < -0.4 is 10.1 Å². The molecule has 1 aromatic heterocycles. The summed E-state index contributed by atoms with van der Waals surface area (Å²) in [5.41, 5.74) is 2.18. The number of ether oxygens (including phenoxy) is 1. The summed E-state index contributed by atoms with van der Waals surface area (Å²) in [5, 5.41) is 7.32. The maximum Gasteiger partial charge on any atom is 0.387 e. The molecule has 0 saturated heterocycles. The third-order valence-electron chi connectivity index (χ3n) is 3.59. The van der Waals surface area contributed by atoms with Gasteiger partial charge in [-0.3, -0.25) is 9.48 Å². The Balaban J connectivity index is 2.24. The molecule has 1 amide bonds. The van der Waals surface area contributed by atoms with Crippen molar-refractivity contribution in [1.29, 1.82) is 0 Å². The highest BCUT2D eigenvalue weighted by atomic mass is 35.5. The number of carbonyl (C=O) groups excluding carboxylic acids is 1. The molecule has 0 fully saturated rings. The summed E-state index contributed by atoms with van der Waals surface area (Å²) in [6, 6.07) is 3.98. The number of hydrogen-bond donors (Lipinski definition) is 1. The molecule has 0 aliphatic carbocycles. The zero-order chi connectivity index (χ0) is 18.0. The van der Waals surface area contributed by atoms with Crippen molar-refractivity contribution in [3.05, 3.63) is 40.2 Å². The molecule has 0 saturated carbocycles. The Bertz CT molecular complexity index is 762. The van der Waals surface area contributed by atoms with E-state index < -0.39 is 18.6 Å². The number of rotatable bonds is 5. The van der Waals surface area contributed by atoms with Gasteiger partial charge < -0.3 is 10.1 Å². The van der Waals surface area contributed by atoms with E-state index >= 15 is 0 Å². The van der Waals surface area contributed by atoms with Gasteiger partial charge in [-0.1, -0.05) is 17.7 Å². The number of aromatic nitrogens is 2. The summed E-state index contributed by atoms with van der Waals surface area (Å²) in [6.07, 6.45) is 0. The molecule has 130 valence electrons. The molecule has 1 N–H and O–H groups in total. The van der Waals surface area contributed by atoms with Gasteiger partial charge >= 0.3 is 6.61 Å². The van der Waals surface area contributed by atoms with Crippen molar-refractivity contribution in [2.24, 2.45) is 0 Å². The number of aryl methyl sites for hydroxylation is 2. The average molecular weight is 358 g/mol. The average Bonchev–Trinajstić information content (AvgIpc) is 2.76. The van der Waals surface area contributed by atoms with E-state index in [0.717, 1.165) is 5.56 Å². The van der Waals surface area contributed by atoms with E-state index in [0.29, 0.717) is 16.4 Å². The second-order valence-electron chi connectivity index (χ2n) is 5.47. The third-order valence-corrected chi connectivity index (χ3v) is 4.14. The second-order valence-corrected chi connectivity index (χ2v) is 5.85. The van der Waals surface area contributed by atoms with Crippen molar-refractivity contribution in [3.8, 4) is 5.75 Å². The minimum absolute atomic E-state index is 0.0862. The number of carbonyl (C=O) groups is 1. The number of halogens is 3. The van der Waals surface area contributed by atoms with E-state index in [-0.39, 0.29) is 11.4 Å². The van der Waals surface area contributed by atoms with Crippen LogP contribution in [0, 0.1) is 20.8 Å². The summed E-state index contributed by atoms with van der Waals surface area (Å²) < 4.78 is 31.0. The normalized spacial score (nSPS) is 12.3. The molecular formula is C16H18ClF2N3O2. The highest BCUT2D eigenvalue weighted by molar-refractivity contribution is 6.31. The lowest BCUT2D eigenvalue weighted by Gasteiger charge is -2.17. The zero-order valence-corrected chi connectivity index (χ0v) is 14.5. The fraction of sp³-hybridized carbons (Fsp3) is 0.375. The van der Waals surface area contributed by atoms with Gasteiger partial charge in [-0.05, 0) is 45.4 Å². The van der Waals surface area contributed by atoms with Crippen LogP contribution in [0.5, 0.6) is 5.75 Å². The molecule has 2 aromatic rings. The summed E-state index contributed by atoms with van der Waals surface area (Å²) >= 11 is 6.09. The van der Waals surface area contributed by atoms with Crippen LogP contribution in [-0.4, -0.2) is 22.3 Å². The maximum atomic E-state index is 12.5. The van der Waals surface area contributed by atoms with Gasteiger partial charge in [-0.15, -0.1) is 0 Å². The van der Waals surface area contributed by atoms with Crippen LogP contribution in [0.15, 0.2) is 18.2 Å². The van der Waals surface area contributed by atoms with Crippen LogP contribution in [-0.2, 0) is 4.79 Å². The Labute approximate surface area is 143 Å². The van der Waals surface area contributed by atoms with E-state index in [4.69, 9.17) is 11.6 Å². The van der Waals surface area contributed by atoms with Crippen molar-refractivity contribution in [2.75, 3.05) is 5.32 Å². The van der Waals surface area contributed by atoms with Gasteiger partial charge in [0, 0.05) is 0 Å². The number of anilines is 1. The van der Waals surface area contributed by atoms with Crippen molar-refractivity contribution in [2.45, 2.75) is 40.3 Å². The first-order valence-corrected chi connectivity index (χ1v) is 7.66. The quantitative estimate of drug-likeness (QED) is 0.869. The van der Waals surface area contributed by atoms with Crippen LogP contribution in [0.25, 0.3) is 0 Å². The Morgan fingerprint density at radius 3 is 2.54 bits per heavy atom. The number of benzene rings is 1. The molecule has 2 rings (SSSR count). The molecule has 1 unspecified atom stereocenters. The lowest BCUT2D eigenvalue weighted by Crippen LogP contribution is -2.25. The summed E-state index contributed by atoms with van der Waals surface area (Å²) in [4.78, 5) is 12.5. The number of nitrogens with zero attached hydrogens (tertiary/aromatic N) is 2. The van der Waals surface area contributed by atoms with E-state index in [2.05, 4.69) is 15.2 Å². The lowest BCUT2D eigenvalue weighted by molar-refractivity contribution is -0.119. The van der Waals surface area contributed by atoms with E-state index in [1.807, 2.05) is 0 Å². The monoisotopic (exact) mass is 357 g/mol. The Morgan fingerprint density at radius 2 is 2.00 bits per heavy atom. The molecule has 0 radical (unpaired) electrons. The van der Waals surface area contributed by atoms with Gasteiger partial charge in [-0.25, -0.2) is 0 Å². The van der Waals surface area contributed by atoms with Gasteiger partial charge in [0.1, 0.15) is 11.8 Å². The summed E-state index contributed by atoms with van der Waals surface area (Å²) in [5.74, 6) is -0.503. The van der Waals surface area contributed by atoms with Gasteiger partial charge in [0.05, 0.1) is 22.1 Å². The number of alkyl halides is 2. The minimum atomic E-state index is -2.98. The van der Waals surface area contributed by atoms with Crippen LogP contribution in [0.4, 0.5) is 14.5 Å². The standard InChI is InChI=1S/C16H18ClF2N3O2/c1-8-5-6-12(13(7-8)24-16(18)19)20-15(23)11(4)22-10(3)14(17)9(2)21-22/h5-7,11,16H,1-4H3,(H,20,23). The van der Waals surface area contributed by atoms with Gasteiger partial charge in [0.15, 0.2) is 0 Å². The molecule has 0 aliphatic rings. The minimum Gasteiger partial charge on any atom is -0.433 e. The van der Waals surface area contributed by atoms with Crippen LogP contribution in [0.2, 0.25) is 5.02 Å². The van der Waals surface area contributed by atoms with E-state index in [9.17, 15) is 13.6 Å². The van der Waals surface area contributed by atoms with E-state index in [1.165, 1.54) is 16.8 Å². The lowest BCUT2D eigenvalue weighted by atomic mass is 10.2. The van der Waals surface area contributed by atoms with Crippen molar-refractivity contribution < 1.29 is 18.3 Å². The Hall–Kier alpha value is -2.15. The van der Waals surface area contributed by atoms with Gasteiger partial charge in [-0.2, -0.15) is 13.9 Å². The van der Waals surface area contributed by atoms with Gasteiger partial charge in [0.25, 0.3) is 0 Å². The number of nitrogens with one attached hydrogen (secondary N) is 1. The molecule has 1 aromatic carbocycles. The van der Waals surface area contributed by atoms with Crippen LogP contribution >= 0.6 is 11.6 Å². The molecular weight excluding hydrogens is 340 g/mol. The van der Waals surface area contributed by atoms with Gasteiger partial charge in [0.2, 0.25) is 5.91 Å². The highest BCUT2D eigenvalue weighted by Gasteiger charge is 2.22. The van der Waals surface area contributed by atoms with Crippen LogP contribution in [0.1, 0.15) is 29.9 Å². The topological polar surface area (TPSA) is 56.2 Å². The number of amides is 1. The molecule has 5 nitrogen and oxygen atoms in total. The number of hydrogen-bond acceptors (Lipinski definition) is 3. The molecule has 0 aliphatic heterocycles. The van der Waals surface area contributed by atoms with Crippen LogP contribution in [0.3, 0.4) is 0 Å². The summed E-state index contributed by atoms with van der Waals surface area (Å²) in [7, 11) is 0. The SMILES string of the molecule is Cc1ccc(NC(=O)C(C)n2nc(C)c(Cl)c2C)c(OC(F)F)c1. The second kappa shape index (κ2) is 7.17. The molecule has 0 spiro atoms. The first-order valence-electron chi connectivity index (χ1n) is 7.28. The molecule has 1 atom stereocenters. The maximum absolute atomic E-state index is 12.5. The predicted octanol–water partition coefficient (Wildman–Crippen LogP) is 4.26. The fourth-order valence-electron chi connectivity index (χ4n) is 2.29.